The number of hydrogen-bond acceptors (Lipinski definition) is 6. The third-order valence-electron chi connectivity index (χ3n) is 3.04. The number of aromatic nitrogens is 1. The zero-order valence-corrected chi connectivity index (χ0v) is 14.7. The lowest BCUT2D eigenvalue weighted by Crippen LogP contribution is -2.22. The van der Waals surface area contributed by atoms with Crippen LogP contribution in [0, 0.1) is 5.92 Å². The SMILES string of the molecule is CC(C)(C)OCCCCOC(=O)CC(Cc1cscn1)C(=O)O. The Labute approximate surface area is 140 Å². The predicted octanol–water partition coefficient (Wildman–Crippen LogP) is 2.92. The summed E-state index contributed by atoms with van der Waals surface area (Å²) in [5.41, 5.74) is 2.17. The summed E-state index contributed by atoms with van der Waals surface area (Å²) in [7, 11) is 0. The highest BCUT2D eigenvalue weighted by Crippen LogP contribution is 2.14. The van der Waals surface area contributed by atoms with E-state index in [-0.39, 0.29) is 25.0 Å². The van der Waals surface area contributed by atoms with Gasteiger partial charge < -0.3 is 14.6 Å². The number of thiazole rings is 1. The van der Waals surface area contributed by atoms with Crippen LogP contribution in [0.2, 0.25) is 0 Å². The number of carbonyl (C=O) groups is 2. The molecule has 0 aliphatic heterocycles. The van der Waals surface area contributed by atoms with Crippen molar-refractivity contribution in [3.05, 3.63) is 16.6 Å². The van der Waals surface area contributed by atoms with Crippen LogP contribution >= 0.6 is 11.3 Å². The smallest absolute Gasteiger partial charge is 0.307 e. The summed E-state index contributed by atoms with van der Waals surface area (Å²) in [5.74, 6) is -2.29. The van der Waals surface area contributed by atoms with Crippen LogP contribution in [0.15, 0.2) is 10.9 Å². The van der Waals surface area contributed by atoms with Gasteiger partial charge in [-0.1, -0.05) is 0 Å². The Hall–Kier alpha value is -1.47. The number of carboxylic acids is 1. The Morgan fingerprint density at radius 3 is 2.57 bits per heavy atom. The molecule has 7 heteroatoms. The summed E-state index contributed by atoms with van der Waals surface area (Å²) in [6, 6.07) is 0. The maximum absolute atomic E-state index is 11.7. The lowest BCUT2D eigenvalue weighted by atomic mass is 10.0. The van der Waals surface area contributed by atoms with Crippen LogP contribution in [0.4, 0.5) is 0 Å². The van der Waals surface area contributed by atoms with Gasteiger partial charge in [-0.2, -0.15) is 0 Å². The Morgan fingerprint density at radius 2 is 2.00 bits per heavy atom. The molecule has 0 aliphatic rings. The molecule has 0 amide bonds. The number of ether oxygens (including phenoxy) is 2. The Bertz CT molecular complexity index is 481. The van der Waals surface area contributed by atoms with Crippen molar-refractivity contribution in [2.45, 2.75) is 52.1 Å². The topological polar surface area (TPSA) is 85.7 Å². The normalized spacial score (nSPS) is 12.8. The molecule has 0 saturated heterocycles. The third-order valence-corrected chi connectivity index (χ3v) is 3.67. The van der Waals surface area contributed by atoms with Gasteiger partial charge in [-0.05, 0) is 33.6 Å². The maximum atomic E-state index is 11.7. The molecule has 1 unspecified atom stereocenters. The quantitative estimate of drug-likeness (QED) is 0.519. The van der Waals surface area contributed by atoms with Crippen LogP contribution in [0.5, 0.6) is 0 Å². The Morgan fingerprint density at radius 1 is 1.30 bits per heavy atom. The molecule has 0 aliphatic carbocycles. The summed E-state index contributed by atoms with van der Waals surface area (Å²) < 4.78 is 10.7. The average Bonchev–Trinajstić information content (AvgIpc) is 2.93. The summed E-state index contributed by atoms with van der Waals surface area (Å²) in [5, 5.41) is 11.0. The molecule has 1 aromatic heterocycles. The number of aliphatic carboxylic acids is 1. The van der Waals surface area contributed by atoms with E-state index < -0.39 is 17.9 Å². The van der Waals surface area contributed by atoms with E-state index in [1.807, 2.05) is 20.8 Å². The zero-order valence-electron chi connectivity index (χ0n) is 13.9. The minimum Gasteiger partial charge on any atom is -0.481 e. The molecule has 1 atom stereocenters. The monoisotopic (exact) mass is 343 g/mol. The minimum atomic E-state index is -1.01. The fourth-order valence-corrected chi connectivity index (χ4v) is 2.44. The van der Waals surface area contributed by atoms with Crippen LogP contribution in [0.25, 0.3) is 0 Å². The molecule has 1 N–H and O–H groups in total. The van der Waals surface area contributed by atoms with Gasteiger partial charge in [-0.15, -0.1) is 11.3 Å². The van der Waals surface area contributed by atoms with Gasteiger partial charge in [0.05, 0.1) is 35.8 Å². The molecular formula is C16H25NO5S. The highest BCUT2D eigenvalue weighted by molar-refractivity contribution is 7.07. The van der Waals surface area contributed by atoms with Crippen LogP contribution in [-0.4, -0.2) is 40.8 Å². The standard InChI is InChI=1S/C16H25NO5S/c1-16(2,3)22-7-5-4-6-21-14(18)9-12(15(19)20)8-13-10-23-11-17-13/h10-12H,4-9H2,1-3H3,(H,19,20). The van der Waals surface area contributed by atoms with E-state index in [4.69, 9.17) is 9.47 Å². The van der Waals surface area contributed by atoms with Gasteiger partial charge in [0, 0.05) is 18.4 Å². The van der Waals surface area contributed by atoms with Crippen molar-refractivity contribution >= 4 is 23.3 Å². The molecule has 0 aromatic carbocycles. The highest BCUT2D eigenvalue weighted by atomic mass is 32.1. The number of unbranched alkanes of at least 4 members (excludes halogenated alkanes) is 1. The molecular weight excluding hydrogens is 318 g/mol. The summed E-state index contributed by atoms with van der Waals surface area (Å²) in [4.78, 5) is 27.0. The van der Waals surface area contributed by atoms with E-state index in [1.165, 1.54) is 11.3 Å². The number of carbonyl (C=O) groups excluding carboxylic acids is 1. The molecule has 0 saturated carbocycles. The van der Waals surface area contributed by atoms with Crippen molar-refractivity contribution in [2.24, 2.45) is 5.92 Å². The Kier molecular flexibility index (Phi) is 8.19. The van der Waals surface area contributed by atoms with E-state index in [1.54, 1.807) is 10.9 Å². The molecule has 1 rings (SSSR count). The fraction of sp³-hybridized carbons (Fsp3) is 0.688. The van der Waals surface area contributed by atoms with Crippen LogP contribution in [0.1, 0.15) is 45.7 Å². The van der Waals surface area contributed by atoms with Crippen molar-refractivity contribution < 1.29 is 24.2 Å². The summed E-state index contributed by atoms with van der Waals surface area (Å²) >= 11 is 1.40. The predicted molar refractivity (Wildman–Crippen MR) is 87.5 cm³/mol. The molecule has 1 aromatic rings. The van der Waals surface area contributed by atoms with Crippen LogP contribution in [0.3, 0.4) is 0 Å². The van der Waals surface area contributed by atoms with Crippen LogP contribution < -0.4 is 0 Å². The third kappa shape index (κ3) is 9.30. The number of nitrogens with zero attached hydrogens (tertiary/aromatic N) is 1. The molecule has 0 fully saturated rings. The molecule has 0 spiro atoms. The molecule has 1 heterocycles. The number of esters is 1. The van der Waals surface area contributed by atoms with E-state index in [0.29, 0.717) is 18.7 Å². The highest BCUT2D eigenvalue weighted by Gasteiger charge is 2.23. The van der Waals surface area contributed by atoms with E-state index in [2.05, 4.69) is 4.98 Å². The first-order valence-corrected chi connectivity index (χ1v) is 8.61. The van der Waals surface area contributed by atoms with Gasteiger partial charge in [0.1, 0.15) is 0 Å². The number of rotatable bonds is 10. The first-order valence-electron chi connectivity index (χ1n) is 7.67. The van der Waals surface area contributed by atoms with Gasteiger partial charge in [0.25, 0.3) is 0 Å². The first kappa shape index (κ1) is 19.6. The van der Waals surface area contributed by atoms with Gasteiger partial charge in [-0.3, -0.25) is 9.59 Å². The molecule has 0 radical (unpaired) electrons. The lowest BCUT2D eigenvalue weighted by molar-refractivity contribution is -0.151. The zero-order chi connectivity index (χ0) is 17.3. The second-order valence-electron chi connectivity index (χ2n) is 6.31. The van der Waals surface area contributed by atoms with E-state index in [0.717, 1.165) is 6.42 Å². The lowest BCUT2D eigenvalue weighted by Gasteiger charge is -2.19. The minimum absolute atomic E-state index is 0.134. The first-order chi connectivity index (χ1) is 10.8. The fourth-order valence-electron chi connectivity index (χ4n) is 1.87. The van der Waals surface area contributed by atoms with Crippen LogP contribution in [-0.2, 0) is 25.5 Å². The number of hydrogen-bond donors (Lipinski definition) is 1. The second-order valence-corrected chi connectivity index (χ2v) is 7.03. The van der Waals surface area contributed by atoms with E-state index >= 15 is 0 Å². The Balaban J connectivity index is 2.21. The average molecular weight is 343 g/mol. The maximum Gasteiger partial charge on any atom is 0.307 e. The molecule has 23 heavy (non-hydrogen) atoms. The van der Waals surface area contributed by atoms with Gasteiger partial charge >= 0.3 is 11.9 Å². The van der Waals surface area contributed by atoms with Gasteiger partial charge in [-0.25, -0.2) is 4.98 Å². The van der Waals surface area contributed by atoms with Crippen molar-refractivity contribution in [3.63, 3.8) is 0 Å². The molecule has 6 nitrogen and oxygen atoms in total. The van der Waals surface area contributed by atoms with Crippen molar-refractivity contribution in [1.82, 2.24) is 4.98 Å². The molecule has 130 valence electrons. The van der Waals surface area contributed by atoms with Gasteiger partial charge in [0.2, 0.25) is 0 Å². The van der Waals surface area contributed by atoms with Crippen molar-refractivity contribution in [3.8, 4) is 0 Å². The second kappa shape index (κ2) is 9.62. The summed E-state index contributed by atoms with van der Waals surface area (Å²) in [6.07, 6.45) is 1.61. The van der Waals surface area contributed by atoms with Crippen molar-refractivity contribution in [2.75, 3.05) is 13.2 Å². The molecule has 0 bridgehead atoms. The van der Waals surface area contributed by atoms with Crippen molar-refractivity contribution in [1.29, 1.82) is 0 Å². The largest absolute Gasteiger partial charge is 0.481 e. The van der Waals surface area contributed by atoms with E-state index in [9.17, 15) is 14.7 Å². The summed E-state index contributed by atoms with van der Waals surface area (Å²) in [6.45, 7) is 6.86. The number of carboxylic acid groups (broad SMARTS) is 1. The van der Waals surface area contributed by atoms with Gasteiger partial charge in [0.15, 0.2) is 0 Å².